The Kier molecular flexibility index (Phi) is 4.62. The van der Waals surface area contributed by atoms with E-state index in [0.717, 1.165) is 22.4 Å². The van der Waals surface area contributed by atoms with Gasteiger partial charge < -0.3 is 4.74 Å². The molecule has 0 saturated carbocycles. The molecule has 0 spiro atoms. The maximum Gasteiger partial charge on any atom is 0.121 e. The van der Waals surface area contributed by atoms with Crippen LogP contribution in [0.2, 0.25) is 10.0 Å². The Bertz CT molecular complexity index is 596. The summed E-state index contributed by atoms with van der Waals surface area (Å²) in [5.41, 5.74) is 2.96. The monoisotopic (exact) mass is 314 g/mol. The summed E-state index contributed by atoms with van der Waals surface area (Å²) in [7, 11) is 1.65. The second kappa shape index (κ2) is 6.04. The molecule has 2 aromatic carbocycles. The van der Waals surface area contributed by atoms with Gasteiger partial charge >= 0.3 is 0 Å². The molecule has 2 rings (SSSR count). The Labute approximate surface area is 128 Å². The number of halogens is 3. The van der Waals surface area contributed by atoms with Gasteiger partial charge in [-0.3, -0.25) is 0 Å². The van der Waals surface area contributed by atoms with Crippen molar-refractivity contribution < 1.29 is 4.74 Å². The van der Waals surface area contributed by atoms with Crippen molar-refractivity contribution in [1.29, 1.82) is 0 Å². The first-order chi connectivity index (χ1) is 9.02. The quantitative estimate of drug-likeness (QED) is 0.666. The van der Waals surface area contributed by atoms with Crippen LogP contribution in [0.15, 0.2) is 36.4 Å². The summed E-state index contributed by atoms with van der Waals surface area (Å²) in [5, 5.41) is 0.773. The normalized spacial score (nSPS) is 12.3. The van der Waals surface area contributed by atoms with Crippen molar-refractivity contribution >= 4 is 34.8 Å². The van der Waals surface area contributed by atoms with Gasteiger partial charge in [-0.05, 0) is 41.8 Å². The first-order valence-corrected chi connectivity index (χ1v) is 6.95. The van der Waals surface area contributed by atoms with E-state index in [1.165, 1.54) is 0 Å². The van der Waals surface area contributed by atoms with Crippen LogP contribution in [-0.4, -0.2) is 7.11 Å². The number of rotatable bonds is 3. The van der Waals surface area contributed by atoms with E-state index in [0.29, 0.717) is 10.0 Å². The maximum absolute atomic E-state index is 6.48. The van der Waals surface area contributed by atoms with E-state index in [9.17, 15) is 0 Å². The van der Waals surface area contributed by atoms with Gasteiger partial charge in [-0.15, -0.1) is 11.6 Å². The van der Waals surface area contributed by atoms with E-state index in [4.69, 9.17) is 39.5 Å². The Morgan fingerprint density at radius 1 is 0.947 bits per heavy atom. The lowest BCUT2D eigenvalue weighted by Gasteiger charge is -2.13. The predicted molar refractivity (Wildman–Crippen MR) is 81.9 cm³/mol. The summed E-state index contributed by atoms with van der Waals surface area (Å²) in [6, 6.07) is 11.3. The molecule has 19 heavy (non-hydrogen) atoms. The van der Waals surface area contributed by atoms with Crippen LogP contribution >= 0.6 is 34.8 Å². The fourth-order valence-corrected chi connectivity index (χ4v) is 2.50. The van der Waals surface area contributed by atoms with Gasteiger partial charge in [-0.2, -0.15) is 0 Å². The van der Waals surface area contributed by atoms with E-state index in [1.807, 2.05) is 31.2 Å². The highest BCUT2D eigenvalue weighted by atomic mass is 35.5. The molecule has 100 valence electrons. The van der Waals surface area contributed by atoms with Crippen molar-refractivity contribution in [2.24, 2.45) is 0 Å². The lowest BCUT2D eigenvalue weighted by molar-refractivity contribution is 0.411. The van der Waals surface area contributed by atoms with Gasteiger partial charge in [-0.25, -0.2) is 0 Å². The lowest BCUT2D eigenvalue weighted by atomic mass is 10.0. The zero-order valence-electron chi connectivity index (χ0n) is 10.6. The van der Waals surface area contributed by atoms with Crippen molar-refractivity contribution in [2.75, 3.05) is 7.11 Å². The summed E-state index contributed by atoms with van der Waals surface area (Å²) in [6.07, 6.45) is 0. The number of hydrogen-bond donors (Lipinski definition) is 0. The number of methoxy groups -OCH3 is 1. The fraction of sp³-hybridized carbons (Fsp3) is 0.200. The van der Waals surface area contributed by atoms with Gasteiger partial charge in [0.2, 0.25) is 0 Å². The summed E-state index contributed by atoms with van der Waals surface area (Å²) in [5.74, 6) is 0.849. The molecule has 0 heterocycles. The molecule has 0 saturated heterocycles. The second-order valence-electron chi connectivity index (χ2n) is 4.27. The van der Waals surface area contributed by atoms with E-state index >= 15 is 0 Å². The molecule has 4 heteroatoms. The van der Waals surface area contributed by atoms with Crippen molar-refractivity contribution in [3.63, 3.8) is 0 Å². The minimum Gasteiger partial charge on any atom is -0.496 e. The minimum absolute atomic E-state index is 0.264. The summed E-state index contributed by atoms with van der Waals surface area (Å²) in [6.45, 7) is 1.99. The van der Waals surface area contributed by atoms with Crippen molar-refractivity contribution in [2.45, 2.75) is 12.3 Å². The Morgan fingerprint density at radius 2 is 1.58 bits per heavy atom. The molecule has 2 aromatic rings. The molecule has 0 aliphatic heterocycles. The smallest absolute Gasteiger partial charge is 0.121 e. The summed E-state index contributed by atoms with van der Waals surface area (Å²) in [4.78, 5) is 0. The van der Waals surface area contributed by atoms with Gasteiger partial charge in [0.25, 0.3) is 0 Å². The number of benzene rings is 2. The average molecular weight is 316 g/mol. The third kappa shape index (κ3) is 3.17. The third-order valence-corrected chi connectivity index (χ3v) is 4.19. The van der Waals surface area contributed by atoms with Crippen LogP contribution in [0.5, 0.6) is 5.75 Å². The Balaban J connectivity index is 2.35. The van der Waals surface area contributed by atoms with E-state index < -0.39 is 0 Å². The maximum atomic E-state index is 6.48. The van der Waals surface area contributed by atoms with Crippen LogP contribution in [0.1, 0.15) is 22.1 Å². The zero-order valence-corrected chi connectivity index (χ0v) is 12.9. The average Bonchev–Trinajstić information content (AvgIpc) is 2.41. The highest BCUT2D eigenvalue weighted by molar-refractivity contribution is 6.42. The topological polar surface area (TPSA) is 9.23 Å². The van der Waals surface area contributed by atoms with Crippen LogP contribution in [0.25, 0.3) is 0 Å². The molecule has 0 bridgehead atoms. The second-order valence-corrected chi connectivity index (χ2v) is 5.52. The standard InChI is InChI=1S/C15H13Cl3O/c1-9-7-10(4-6-14(9)19-2)15(18)11-3-5-12(16)13(17)8-11/h3-8,15H,1-2H3. The van der Waals surface area contributed by atoms with Crippen LogP contribution in [-0.2, 0) is 0 Å². The number of ether oxygens (including phenoxy) is 1. The molecular formula is C15H13Cl3O. The fourth-order valence-electron chi connectivity index (χ4n) is 1.92. The highest BCUT2D eigenvalue weighted by Gasteiger charge is 2.13. The molecule has 0 fully saturated rings. The molecule has 1 unspecified atom stereocenters. The van der Waals surface area contributed by atoms with Crippen molar-refractivity contribution in [1.82, 2.24) is 0 Å². The summed E-state index contributed by atoms with van der Waals surface area (Å²) >= 11 is 18.4. The highest BCUT2D eigenvalue weighted by Crippen LogP contribution is 2.34. The SMILES string of the molecule is COc1ccc(C(Cl)c2ccc(Cl)c(Cl)c2)cc1C. The summed E-state index contributed by atoms with van der Waals surface area (Å²) < 4.78 is 5.24. The van der Waals surface area contributed by atoms with E-state index in [-0.39, 0.29) is 5.38 Å². The molecule has 1 nitrogen and oxygen atoms in total. The number of hydrogen-bond acceptors (Lipinski definition) is 1. The zero-order chi connectivity index (χ0) is 14.0. The van der Waals surface area contributed by atoms with E-state index in [2.05, 4.69) is 0 Å². The molecule has 0 radical (unpaired) electrons. The Hall–Kier alpha value is -0.890. The van der Waals surface area contributed by atoms with Crippen molar-refractivity contribution in [3.05, 3.63) is 63.1 Å². The van der Waals surface area contributed by atoms with Gasteiger partial charge in [0.1, 0.15) is 5.75 Å². The van der Waals surface area contributed by atoms with Gasteiger partial charge in [0, 0.05) is 0 Å². The predicted octanol–water partition coefficient (Wildman–Crippen LogP) is 5.64. The van der Waals surface area contributed by atoms with Gasteiger partial charge in [0.15, 0.2) is 0 Å². The Morgan fingerprint density at radius 3 is 2.16 bits per heavy atom. The van der Waals surface area contributed by atoms with Crippen LogP contribution in [0.3, 0.4) is 0 Å². The molecular weight excluding hydrogens is 303 g/mol. The lowest BCUT2D eigenvalue weighted by Crippen LogP contribution is -1.95. The molecule has 0 amide bonds. The first kappa shape index (κ1) is 14.5. The van der Waals surface area contributed by atoms with Crippen LogP contribution in [0, 0.1) is 6.92 Å². The molecule has 0 aromatic heterocycles. The van der Waals surface area contributed by atoms with E-state index in [1.54, 1.807) is 19.2 Å². The molecule has 0 aliphatic rings. The van der Waals surface area contributed by atoms with Gasteiger partial charge in [-0.1, -0.05) is 41.4 Å². The largest absolute Gasteiger partial charge is 0.496 e. The minimum atomic E-state index is -0.264. The molecule has 0 aliphatic carbocycles. The third-order valence-electron chi connectivity index (χ3n) is 2.95. The number of alkyl halides is 1. The molecule has 0 N–H and O–H groups in total. The van der Waals surface area contributed by atoms with Gasteiger partial charge in [0.05, 0.1) is 22.5 Å². The van der Waals surface area contributed by atoms with Crippen LogP contribution < -0.4 is 4.74 Å². The van der Waals surface area contributed by atoms with Crippen LogP contribution in [0.4, 0.5) is 0 Å². The van der Waals surface area contributed by atoms with Crippen molar-refractivity contribution in [3.8, 4) is 5.75 Å². The first-order valence-electron chi connectivity index (χ1n) is 5.76. The molecule has 1 atom stereocenters. The number of aryl methyl sites for hydroxylation is 1.